The molecule has 0 unspecified atom stereocenters. The van der Waals surface area contributed by atoms with Crippen molar-refractivity contribution in [3.63, 3.8) is 0 Å². The first-order chi connectivity index (χ1) is 18.3. The average molecular weight is 569 g/mol. The van der Waals surface area contributed by atoms with Crippen LogP contribution in [0.1, 0.15) is 5.69 Å². The predicted octanol–water partition coefficient (Wildman–Crippen LogP) is 5.33. The Bertz CT molecular complexity index is 1850. The van der Waals surface area contributed by atoms with Crippen molar-refractivity contribution in [3.8, 4) is 38.7 Å². The third-order valence-electron chi connectivity index (χ3n) is 5.72. The van der Waals surface area contributed by atoms with Gasteiger partial charge < -0.3 is 18.6 Å². The quantitative estimate of drug-likeness (QED) is 0.240. The number of sulfone groups is 1. The number of nitrogens with zero attached hydrogens (tertiary/aromatic N) is 4. The summed E-state index contributed by atoms with van der Waals surface area (Å²) in [5.41, 5.74) is 2.81. The van der Waals surface area contributed by atoms with Gasteiger partial charge in [0, 0.05) is 29.3 Å². The van der Waals surface area contributed by atoms with Gasteiger partial charge in [0.2, 0.25) is 4.96 Å². The van der Waals surface area contributed by atoms with Crippen molar-refractivity contribution in [1.29, 1.82) is 0 Å². The maximum absolute atomic E-state index is 11.7. The van der Waals surface area contributed by atoms with E-state index in [1.165, 1.54) is 28.9 Å². The van der Waals surface area contributed by atoms with Gasteiger partial charge in [0.1, 0.15) is 34.4 Å². The summed E-state index contributed by atoms with van der Waals surface area (Å²) in [6, 6.07) is 12.2. The molecule has 0 spiro atoms. The van der Waals surface area contributed by atoms with Gasteiger partial charge in [-0.2, -0.15) is 0 Å². The first-order valence-corrected chi connectivity index (χ1v) is 14.8. The molecule has 0 aliphatic rings. The van der Waals surface area contributed by atoms with Crippen LogP contribution in [0, 0.1) is 0 Å². The lowest BCUT2D eigenvalue weighted by molar-refractivity contribution is 0.303. The smallest absolute Gasteiger partial charge is 0.294 e. The SMILES string of the molecule is COc1cc(OCc2csc(-c3ccc(S(C)(=O)=O)cc3)n2)c2cc(-c3cn4nc(OC)sc4n3)oc2c1. The van der Waals surface area contributed by atoms with Crippen LogP contribution in [0.4, 0.5) is 0 Å². The molecule has 2 aromatic carbocycles. The van der Waals surface area contributed by atoms with Gasteiger partial charge in [0.15, 0.2) is 15.6 Å². The number of rotatable bonds is 8. The molecule has 38 heavy (non-hydrogen) atoms. The van der Waals surface area contributed by atoms with Crippen molar-refractivity contribution in [2.24, 2.45) is 0 Å². The number of thiazole rings is 1. The van der Waals surface area contributed by atoms with Crippen molar-refractivity contribution in [3.05, 3.63) is 59.7 Å². The largest absolute Gasteiger partial charge is 0.496 e. The predicted molar refractivity (Wildman–Crippen MR) is 144 cm³/mol. The summed E-state index contributed by atoms with van der Waals surface area (Å²) in [4.78, 5) is 10.2. The van der Waals surface area contributed by atoms with Gasteiger partial charge >= 0.3 is 0 Å². The molecule has 4 aromatic heterocycles. The van der Waals surface area contributed by atoms with Crippen LogP contribution in [0.3, 0.4) is 0 Å². The number of benzene rings is 2. The Morgan fingerprint density at radius 3 is 2.58 bits per heavy atom. The first-order valence-electron chi connectivity index (χ1n) is 11.2. The van der Waals surface area contributed by atoms with Crippen LogP contribution in [-0.4, -0.2) is 48.5 Å². The second-order valence-electron chi connectivity index (χ2n) is 8.30. The average Bonchev–Trinajstić information content (AvgIpc) is 3.69. The minimum atomic E-state index is -3.25. The Morgan fingerprint density at radius 2 is 1.87 bits per heavy atom. The number of imidazole rings is 1. The summed E-state index contributed by atoms with van der Waals surface area (Å²) >= 11 is 2.80. The molecule has 194 valence electrons. The Hall–Kier alpha value is -3.94. The second kappa shape index (κ2) is 9.42. The summed E-state index contributed by atoms with van der Waals surface area (Å²) in [6.45, 7) is 0.227. The number of hydrogen-bond donors (Lipinski definition) is 0. The van der Waals surface area contributed by atoms with E-state index < -0.39 is 9.84 Å². The molecule has 10 nitrogen and oxygen atoms in total. The van der Waals surface area contributed by atoms with Crippen LogP contribution >= 0.6 is 22.7 Å². The summed E-state index contributed by atoms with van der Waals surface area (Å²) in [6.07, 6.45) is 2.97. The Kier molecular flexibility index (Phi) is 6.05. The van der Waals surface area contributed by atoms with Crippen LogP contribution in [0.15, 0.2) is 63.4 Å². The summed E-state index contributed by atoms with van der Waals surface area (Å²) in [5.74, 6) is 1.75. The normalized spacial score (nSPS) is 11.9. The fourth-order valence-electron chi connectivity index (χ4n) is 3.83. The highest BCUT2D eigenvalue weighted by Crippen LogP contribution is 2.38. The van der Waals surface area contributed by atoms with E-state index >= 15 is 0 Å². The van der Waals surface area contributed by atoms with E-state index in [1.54, 1.807) is 61.3 Å². The molecule has 0 aliphatic heterocycles. The zero-order chi connectivity index (χ0) is 26.4. The highest BCUT2D eigenvalue weighted by molar-refractivity contribution is 7.90. The molecule has 0 amide bonds. The molecule has 0 saturated carbocycles. The van der Waals surface area contributed by atoms with Gasteiger partial charge in [0.25, 0.3) is 5.19 Å². The first kappa shape index (κ1) is 24.4. The van der Waals surface area contributed by atoms with Crippen LogP contribution < -0.4 is 14.2 Å². The van der Waals surface area contributed by atoms with Crippen molar-refractivity contribution >= 4 is 48.4 Å². The summed E-state index contributed by atoms with van der Waals surface area (Å²) in [5, 5.41) is 8.30. The Labute approximate surface area is 225 Å². The highest BCUT2D eigenvalue weighted by atomic mass is 32.2. The number of furan rings is 1. The van der Waals surface area contributed by atoms with E-state index in [4.69, 9.17) is 18.6 Å². The maximum atomic E-state index is 11.7. The van der Waals surface area contributed by atoms with E-state index in [1.807, 2.05) is 11.4 Å². The molecule has 0 N–H and O–H groups in total. The van der Waals surface area contributed by atoms with Gasteiger partial charge in [-0.1, -0.05) is 12.1 Å². The molecule has 0 bridgehead atoms. The lowest BCUT2D eigenvalue weighted by Gasteiger charge is -2.08. The molecular formula is C25H20N4O6S3. The van der Waals surface area contributed by atoms with Gasteiger partial charge in [0.05, 0.1) is 36.4 Å². The fraction of sp³-hybridized carbons (Fsp3) is 0.160. The van der Waals surface area contributed by atoms with E-state index in [0.29, 0.717) is 38.7 Å². The zero-order valence-electron chi connectivity index (χ0n) is 20.4. The molecule has 0 aliphatic carbocycles. The molecule has 0 radical (unpaired) electrons. The number of hydrogen-bond acceptors (Lipinski definition) is 11. The van der Waals surface area contributed by atoms with Crippen LogP contribution in [-0.2, 0) is 16.4 Å². The van der Waals surface area contributed by atoms with Gasteiger partial charge in [-0.15, -0.1) is 16.4 Å². The van der Waals surface area contributed by atoms with E-state index in [9.17, 15) is 8.42 Å². The molecule has 4 heterocycles. The summed E-state index contributed by atoms with van der Waals surface area (Å²) in [7, 11) is -0.100. The third kappa shape index (κ3) is 4.59. The van der Waals surface area contributed by atoms with Crippen molar-refractivity contribution in [2.75, 3.05) is 20.5 Å². The minimum absolute atomic E-state index is 0.227. The lowest BCUT2D eigenvalue weighted by Crippen LogP contribution is -1.97. The molecule has 0 atom stereocenters. The topological polar surface area (TPSA) is 118 Å². The van der Waals surface area contributed by atoms with Crippen molar-refractivity contribution in [2.45, 2.75) is 11.5 Å². The highest BCUT2D eigenvalue weighted by Gasteiger charge is 2.18. The maximum Gasteiger partial charge on any atom is 0.294 e. The molecule has 0 fully saturated rings. The van der Waals surface area contributed by atoms with E-state index in [2.05, 4.69) is 15.1 Å². The number of ether oxygens (including phenoxy) is 3. The van der Waals surface area contributed by atoms with Gasteiger partial charge in [-0.3, -0.25) is 0 Å². The zero-order valence-corrected chi connectivity index (χ0v) is 22.8. The molecule has 0 saturated heterocycles. The molecule has 13 heteroatoms. The van der Waals surface area contributed by atoms with Gasteiger partial charge in [-0.05, 0) is 29.5 Å². The minimum Gasteiger partial charge on any atom is -0.496 e. The molecule has 6 aromatic rings. The van der Waals surface area contributed by atoms with Crippen LogP contribution in [0.5, 0.6) is 16.7 Å². The summed E-state index contributed by atoms with van der Waals surface area (Å²) < 4.78 is 48.0. The monoisotopic (exact) mass is 568 g/mol. The Balaban J connectivity index is 1.25. The van der Waals surface area contributed by atoms with Crippen LogP contribution in [0.2, 0.25) is 0 Å². The number of fused-ring (bicyclic) bond motifs is 2. The van der Waals surface area contributed by atoms with Crippen molar-refractivity contribution < 1.29 is 27.0 Å². The fourth-order valence-corrected chi connectivity index (χ4v) is 5.97. The number of methoxy groups -OCH3 is 2. The van der Waals surface area contributed by atoms with E-state index in [0.717, 1.165) is 21.7 Å². The number of aromatic nitrogens is 4. The third-order valence-corrected chi connectivity index (χ3v) is 8.67. The van der Waals surface area contributed by atoms with E-state index in [-0.39, 0.29) is 11.5 Å². The Morgan fingerprint density at radius 1 is 1.05 bits per heavy atom. The van der Waals surface area contributed by atoms with Crippen molar-refractivity contribution in [1.82, 2.24) is 19.6 Å². The lowest BCUT2D eigenvalue weighted by atomic mass is 10.2. The standard InChI is InChI=1S/C25H20N4O6S3/c1-32-16-8-20(34-12-15-13-36-23(26-15)14-4-6-17(7-5-14)38(3,30)31)18-10-22(35-21(18)9-16)19-11-29-24(27-19)37-25(28-29)33-2/h4-11,13H,12H2,1-3H3. The van der Waals surface area contributed by atoms with Gasteiger partial charge in [-0.25, -0.2) is 22.9 Å². The van der Waals surface area contributed by atoms with Crippen LogP contribution in [0.25, 0.3) is 38.0 Å². The second-order valence-corrected chi connectivity index (χ2v) is 12.1. The molecule has 6 rings (SSSR count). The molecular weight excluding hydrogens is 548 g/mol.